The number of hydrogen-bond donors (Lipinski definition) is 3. The summed E-state index contributed by atoms with van der Waals surface area (Å²) in [4.78, 5) is 10.5. The Hall–Kier alpha value is -1.95. The molecule has 0 fully saturated rings. The summed E-state index contributed by atoms with van der Waals surface area (Å²) in [5, 5.41) is 17.9. The molecule has 8 heteroatoms. The van der Waals surface area contributed by atoms with Crippen LogP contribution in [0.15, 0.2) is 23.1 Å². The highest BCUT2D eigenvalue weighted by Gasteiger charge is 2.18. The van der Waals surface area contributed by atoms with E-state index in [4.69, 9.17) is 16.1 Å². The first kappa shape index (κ1) is 15.1. The van der Waals surface area contributed by atoms with E-state index >= 15 is 0 Å². The standard InChI is InChI=1S/C11H13N3O4S/c1-7-4-9(3-2-8(7)5-12)19(17,18)14-6-10(15)11(13)16/h2-4,10,14-15H,6H2,1H3,(H2,13,16). The van der Waals surface area contributed by atoms with Gasteiger partial charge in [0.05, 0.1) is 16.5 Å². The Kier molecular flexibility index (Phi) is 4.61. The average molecular weight is 283 g/mol. The molecule has 7 nitrogen and oxygen atoms in total. The number of amides is 1. The van der Waals surface area contributed by atoms with E-state index in [0.717, 1.165) is 0 Å². The van der Waals surface area contributed by atoms with Crippen LogP contribution in [0.1, 0.15) is 11.1 Å². The molecule has 0 bridgehead atoms. The maximum atomic E-state index is 11.9. The van der Waals surface area contributed by atoms with Gasteiger partial charge in [-0.2, -0.15) is 5.26 Å². The number of nitriles is 1. The number of hydrogen-bond acceptors (Lipinski definition) is 5. The lowest BCUT2D eigenvalue weighted by Crippen LogP contribution is -2.39. The molecule has 1 rings (SSSR count). The molecule has 1 unspecified atom stereocenters. The molecule has 102 valence electrons. The summed E-state index contributed by atoms with van der Waals surface area (Å²) in [6.07, 6.45) is -1.59. The van der Waals surface area contributed by atoms with Crippen LogP contribution in [0.2, 0.25) is 0 Å². The molecule has 0 aliphatic carbocycles. The van der Waals surface area contributed by atoms with E-state index in [9.17, 15) is 13.2 Å². The molecule has 1 aromatic rings. The zero-order valence-electron chi connectivity index (χ0n) is 10.1. The van der Waals surface area contributed by atoms with Gasteiger partial charge in [0.15, 0.2) is 0 Å². The van der Waals surface area contributed by atoms with Crippen molar-refractivity contribution in [2.45, 2.75) is 17.9 Å². The van der Waals surface area contributed by atoms with Gasteiger partial charge < -0.3 is 10.8 Å². The van der Waals surface area contributed by atoms with E-state index in [1.807, 2.05) is 6.07 Å². The summed E-state index contributed by atoms with van der Waals surface area (Å²) in [5.74, 6) is -1.02. The molecule has 1 amide bonds. The van der Waals surface area contributed by atoms with Crippen LogP contribution in [0.3, 0.4) is 0 Å². The van der Waals surface area contributed by atoms with Gasteiger partial charge in [0.1, 0.15) is 6.10 Å². The number of primary amides is 1. The molecule has 0 heterocycles. The van der Waals surface area contributed by atoms with Crippen LogP contribution in [0, 0.1) is 18.3 Å². The Morgan fingerprint density at radius 3 is 2.68 bits per heavy atom. The van der Waals surface area contributed by atoms with E-state index in [-0.39, 0.29) is 4.90 Å². The molecule has 1 atom stereocenters. The smallest absolute Gasteiger partial charge is 0.247 e. The van der Waals surface area contributed by atoms with E-state index in [1.165, 1.54) is 18.2 Å². The number of nitrogens with two attached hydrogens (primary N) is 1. The van der Waals surface area contributed by atoms with E-state index in [1.54, 1.807) is 6.92 Å². The minimum absolute atomic E-state index is 0.0549. The van der Waals surface area contributed by atoms with Crippen LogP contribution >= 0.6 is 0 Å². The summed E-state index contributed by atoms with van der Waals surface area (Å²) < 4.78 is 25.8. The molecule has 19 heavy (non-hydrogen) atoms. The number of carbonyl (C=O) groups excluding carboxylic acids is 1. The lowest BCUT2D eigenvalue weighted by Gasteiger charge is -2.10. The average Bonchev–Trinajstić information content (AvgIpc) is 2.35. The topological polar surface area (TPSA) is 133 Å². The van der Waals surface area contributed by atoms with Crippen molar-refractivity contribution in [3.63, 3.8) is 0 Å². The van der Waals surface area contributed by atoms with Crippen LogP contribution in [0.4, 0.5) is 0 Å². The third-order valence-electron chi connectivity index (χ3n) is 2.42. The zero-order chi connectivity index (χ0) is 14.6. The molecule has 0 spiro atoms. The number of sulfonamides is 1. The first-order chi connectivity index (χ1) is 8.77. The van der Waals surface area contributed by atoms with E-state index in [0.29, 0.717) is 11.1 Å². The van der Waals surface area contributed by atoms with Gasteiger partial charge in [0.25, 0.3) is 0 Å². The predicted molar refractivity (Wildman–Crippen MR) is 66.3 cm³/mol. The maximum absolute atomic E-state index is 11.9. The summed E-state index contributed by atoms with van der Waals surface area (Å²) >= 11 is 0. The van der Waals surface area contributed by atoms with E-state index in [2.05, 4.69) is 4.72 Å². The molecule has 0 saturated heterocycles. The summed E-state index contributed by atoms with van der Waals surface area (Å²) in [5.41, 5.74) is 5.69. The number of carbonyl (C=O) groups is 1. The third kappa shape index (κ3) is 3.75. The van der Waals surface area contributed by atoms with Gasteiger partial charge >= 0.3 is 0 Å². The van der Waals surface area contributed by atoms with Crippen LogP contribution < -0.4 is 10.5 Å². The predicted octanol–water partition coefficient (Wildman–Crippen LogP) is -1.01. The molecule has 4 N–H and O–H groups in total. The Labute approximate surface area is 110 Å². The van der Waals surface area contributed by atoms with Gasteiger partial charge in [-0.15, -0.1) is 0 Å². The second-order valence-corrected chi connectivity index (χ2v) is 5.63. The number of aliphatic hydroxyl groups excluding tert-OH is 1. The van der Waals surface area contributed by atoms with Crippen molar-refractivity contribution in [2.24, 2.45) is 5.73 Å². The van der Waals surface area contributed by atoms with Crippen molar-refractivity contribution in [3.05, 3.63) is 29.3 Å². The summed E-state index contributed by atoms with van der Waals surface area (Å²) in [7, 11) is -3.86. The van der Waals surface area contributed by atoms with Crippen LogP contribution in [-0.4, -0.2) is 32.1 Å². The normalized spacial score (nSPS) is 12.7. The first-order valence-electron chi connectivity index (χ1n) is 5.25. The van der Waals surface area contributed by atoms with Crippen molar-refractivity contribution in [1.82, 2.24) is 4.72 Å². The minimum Gasteiger partial charge on any atom is -0.382 e. The lowest BCUT2D eigenvalue weighted by molar-refractivity contribution is -0.125. The monoisotopic (exact) mass is 283 g/mol. The van der Waals surface area contributed by atoms with Crippen molar-refractivity contribution in [2.75, 3.05) is 6.54 Å². The first-order valence-corrected chi connectivity index (χ1v) is 6.74. The molecular weight excluding hydrogens is 270 g/mol. The number of aryl methyl sites for hydroxylation is 1. The SMILES string of the molecule is Cc1cc(S(=O)(=O)NCC(O)C(N)=O)ccc1C#N. The lowest BCUT2D eigenvalue weighted by atomic mass is 10.1. The second-order valence-electron chi connectivity index (χ2n) is 3.86. The molecule has 0 aliphatic heterocycles. The Morgan fingerprint density at radius 1 is 1.58 bits per heavy atom. The number of rotatable bonds is 5. The number of nitrogens with zero attached hydrogens (tertiary/aromatic N) is 1. The quantitative estimate of drug-likeness (QED) is 0.636. The molecule has 1 aromatic carbocycles. The summed E-state index contributed by atoms with van der Waals surface area (Å²) in [6, 6.07) is 5.91. The molecule has 0 aliphatic rings. The van der Waals surface area contributed by atoms with Gasteiger partial charge in [-0.1, -0.05) is 0 Å². The van der Waals surface area contributed by atoms with Gasteiger partial charge in [-0.25, -0.2) is 13.1 Å². The number of aliphatic hydroxyl groups is 1. The van der Waals surface area contributed by atoms with Crippen LogP contribution in [-0.2, 0) is 14.8 Å². The maximum Gasteiger partial charge on any atom is 0.247 e. The molecule has 0 aromatic heterocycles. The highest BCUT2D eigenvalue weighted by Crippen LogP contribution is 2.14. The Balaban J connectivity index is 2.93. The fourth-order valence-corrected chi connectivity index (χ4v) is 2.42. The number of benzene rings is 1. The van der Waals surface area contributed by atoms with Crippen molar-refractivity contribution in [1.29, 1.82) is 5.26 Å². The minimum atomic E-state index is -3.86. The van der Waals surface area contributed by atoms with Gasteiger partial charge in [0.2, 0.25) is 15.9 Å². The molecule has 0 radical (unpaired) electrons. The molecular formula is C11H13N3O4S. The Morgan fingerprint density at radius 2 is 2.21 bits per heavy atom. The second kappa shape index (κ2) is 5.79. The highest BCUT2D eigenvalue weighted by molar-refractivity contribution is 7.89. The van der Waals surface area contributed by atoms with Gasteiger partial charge in [0, 0.05) is 6.54 Å². The largest absolute Gasteiger partial charge is 0.382 e. The van der Waals surface area contributed by atoms with Crippen molar-refractivity contribution >= 4 is 15.9 Å². The van der Waals surface area contributed by atoms with E-state index < -0.39 is 28.6 Å². The fraction of sp³-hybridized carbons (Fsp3) is 0.273. The van der Waals surface area contributed by atoms with Gasteiger partial charge in [-0.05, 0) is 30.7 Å². The Bertz CT molecular complexity index is 634. The fourth-order valence-electron chi connectivity index (χ4n) is 1.30. The van der Waals surface area contributed by atoms with Gasteiger partial charge in [-0.3, -0.25) is 4.79 Å². The van der Waals surface area contributed by atoms with Crippen molar-refractivity contribution in [3.8, 4) is 6.07 Å². The van der Waals surface area contributed by atoms with Crippen LogP contribution in [0.25, 0.3) is 0 Å². The zero-order valence-corrected chi connectivity index (χ0v) is 10.9. The molecule has 0 saturated carbocycles. The number of nitrogens with one attached hydrogen (secondary N) is 1. The summed E-state index contributed by atoms with van der Waals surface area (Å²) in [6.45, 7) is 1.10. The highest BCUT2D eigenvalue weighted by atomic mass is 32.2. The van der Waals surface area contributed by atoms with Crippen LogP contribution in [0.5, 0.6) is 0 Å². The third-order valence-corrected chi connectivity index (χ3v) is 3.84. The van der Waals surface area contributed by atoms with Crippen molar-refractivity contribution < 1.29 is 18.3 Å².